The zero-order valence-corrected chi connectivity index (χ0v) is 14.5. The van der Waals surface area contributed by atoms with Gasteiger partial charge in [-0.15, -0.1) is 0 Å². The van der Waals surface area contributed by atoms with Crippen LogP contribution >= 0.6 is 0 Å². The summed E-state index contributed by atoms with van der Waals surface area (Å²) < 4.78 is 13.6. The van der Waals surface area contributed by atoms with Gasteiger partial charge >= 0.3 is 0 Å². The first-order chi connectivity index (χ1) is 12.6. The summed E-state index contributed by atoms with van der Waals surface area (Å²) >= 11 is 0. The van der Waals surface area contributed by atoms with Crippen LogP contribution in [0.25, 0.3) is 11.6 Å². The second-order valence-electron chi connectivity index (χ2n) is 6.96. The lowest BCUT2D eigenvalue weighted by atomic mass is 9.86. The van der Waals surface area contributed by atoms with E-state index in [0.29, 0.717) is 29.3 Å². The molecule has 2 aliphatic rings. The molecule has 1 aromatic carbocycles. The van der Waals surface area contributed by atoms with Crippen LogP contribution in [0, 0.1) is 18.7 Å². The maximum absolute atomic E-state index is 13.6. The highest BCUT2D eigenvalue weighted by Gasteiger charge is 2.27. The second-order valence-corrected chi connectivity index (χ2v) is 6.96. The van der Waals surface area contributed by atoms with Gasteiger partial charge in [0.2, 0.25) is 6.41 Å². The number of carbonyl (C=O) groups is 2. The third kappa shape index (κ3) is 2.81. The predicted molar refractivity (Wildman–Crippen MR) is 98.0 cm³/mol. The number of nitrogens with one attached hydrogen (secondary N) is 3. The lowest BCUT2D eigenvalue weighted by molar-refractivity contribution is -0.111. The van der Waals surface area contributed by atoms with Gasteiger partial charge in [-0.05, 0) is 67.5 Å². The normalized spacial score (nSPS) is 19.8. The van der Waals surface area contributed by atoms with E-state index in [0.717, 1.165) is 42.6 Å². The minimum atomic E-state index is -0.362. The lowest BCUT2D eigenvalue weighted by Crippen LogP contribution is -2.26. The molecule has 26 heavy (non-hydrogen) atoms. The number of aromatic nitrogens is 1. The number of aromatic amines is 1. The number of H-pyrrole nitrogens is 1. The van der Waals surface area contributed by atoms with Crippen molar-refractivity contribution in [1.82, 2.24) is 10.3 Å². The van der Waals surface area contributed by atoms with Crippen molar-refractivity contribution in [2.75, 3.05) is 11.9 Å². The van der Waals surface area contributed by atoms with E-state index in [1.807, 2.05) is 13.0 Å². The summed E-state index contributed by atoms with van der Waals surface area (Å²) in [6.45, 7) is 2.72. The summed E-state index contributed by atoms with van der Waals surface area (Å²) in [4.78, 5) is 26.3. The summed E-state index contributed by atoms with van der Waals surface area (Å²) in [5, 5.41) is 5.53. The van der Waals surface area contributed by atoms with Gasteiger partial charge in [0.15, 0.2) is 0 Å². The first-order valence-corrected chi connectivity index (χ1v) is 8.77. The van der Waals surface area contributed by atoms with Crippen LogP contribution in [-0.2, 0) is 22.4 Å². The van der Waals surface area contributed by atoms with Crippen LogP contribution in [0.15, 0.2) is 18.2 Å². The molecule has 1 aromatic heterocycles. The number of fused-ring (bicyclic) bond motifs is 2. The Morgan fingerprint density at radius 3 is 3.04 bits per heavy atom. The van der Waals surface area contributed by atoms with E-state index in [1.165, 1.54) is 17.7 Å². The maximum atomic E-state index is 13.6. The molecule has 0 bridgehead atoms. The number of rotatable bonds is 4. The standard InChI is InChI=1S/C20H20FN3O2/c1-11-14-4-2-12(9-22-10-25)6-19(14)23-18(11)8-16-15-7-13(21)3-5-17(15)24-20(16)26/h3,5,7-8,10,12,23H,2,4,6,9H2,1H3,(H,22,25)(H,24,26)/b16-8-. The van der Waals surface area contributed by atoms with E-state index in [1.54, 1.807) is 6.07 Å². The predicted octanol–water partition coefficient (Wildman–Crippen LogP) is 2.81. The Morgan fingerprint density at radius 2 is 2.23 bits per heavy atom. The average Bonchev–Trinajstić information content (AvgIpc) is 3.10. The maximum Gasteiger partial charge on any atom is 0.256 e. The monoisotopic (exact) mass is 353 g/mol. The van der Waals surface area contributed by atoms with Gasteiger partial charge < -0.3 is 15.6 Å². The quantitative estimate of drug-likeness (QED) is 0.584. The fraction of sp³-hybridized carbons (Fsp3) is 0.300. The van der Waals surface area contributed by atoms with Crippen molar-refractivity contribution in [1.29, 1.82) is 0 Å². The van der Waals surface area contributed by atoms with Crippen molar-refractivity contribution >= 4 is 29.7 Å². The topological polar surface area (TPSA) is 74.0 Å². The largest absolute Gasteiger partial charge is 0.358 e. The molecule has 2 amide bonds. The minimum absolute atomic E-state index is 0.217. The number of hydrogen-bond donors (Lipinski definition) is 3. The summed E-state index contributed by atoms with van der Waals surface area (Å²) in [6.07, 6.45) is 5.39. The van der Waals surface area contributed by atoms with Gasteiger partial charge in [-0.3, -0.25) is 9.59 Å². The third-order valence-electron chi connectivity index (χ3n) is 5.35. The number of carbonyl (C=O) groups excluding carboxylic acids is 2. The second kappa shape index (κ2) is 6.44. The van der Waals surface area contributed by atoms with Gasteiger partial charge in [0.25, 0.3) is 5.91 Å². The van der Waals surface area contributed by atoms with Gasteiger partial charge in [0.1, 0.15) is 5.82 Å². The van der Waals surface area contributed by atoms with Crippen LogP contribution < -0.4 is 10.6 Å². The SMILES string of the molecule is Cc1c(/C=C2\C(=O)Nc3ccc(F)cc32)[nH]c2c1CCC(CNC=O)C2. The fourth-order valence-electron chi connectivity index (χ4n) is 3.95. The molecule has 1 unspecified atom stereocenters. The molecule has 0 radical (unpaired) electrons. The molecule has 0 saturated carbocycles. The molecule has 0 saturated heterocycles. The van der Waals surface area contributed by atoms with Crippen LogP contribution in [0.2, 0.25) is 0 Å². The molecular weight excluding hydrogens is 333 g/mol. The highest BCUT2D eigenvalue weighted by molar-refractivity contribution is 6.34. The molecule has 0 fully saturated rings. The van der Waals surface area contributed by atoms with Crippen LogP contribution in [0.3, 0.4) is 0 Å². The van der Waals surface area contributed by atoms with E-state index in [-0.39, 0.29) is 11.7 Å². The van der Waals surface area contributed by atoms with Crippen molar-refractivity contribution in [3.05, 3.63) is 52.1 Å². The Balaban J connectivity index is 1.67. The molecule has 5 nitrogen and oxygen atoms in total. The highest BCUT2D eigenvalue weighted by Crippen LogP contribution is 2.35. The molecule has 3 N–H and O–H groups in total. The Kier molecular flexibility index (Phi) is 4.11. The molecule has 0 spiro atoms. The number of hydrogen-bond acceptors (Lipinski definition) is 2. The summed E-state index contributed by atoms with van der Waals surface area (Å²) in [7, 11) is 0. The number of benzene rings is 1. The minimum Gasteiger partial charge on any atom is -0.358 e. The molecule has 6 heteroatoms. The first kappa shape index (κ1) is 16.6. The Hall–Kier alpha value is -2.89. The van der Waals surface area contributed by atoms with Crippen LogP contribution in [0.1, 0.15) is 34.5 Å². The Bertz CT molecular complexity index is 929. The van der Waals surface area contributed by atoms with E-state index in [2.05, 4.69) is 15.6 Å². The molecule has 4 rings (SSSR count). The molecular formula is C20H20FN3O2. The number of amides is 2. The third-order valence-corrected chi connectivity index (χ3v) is 5.35. The van der Waals surface area contributed by atoms with Crippen LogP contribution in [0.4, 0.5) is 10.1 Å². The van der Waals surface area contributed by atoms with E-state index in [4.69, 9.17) is 0 Å². The molecule has 1 aliphatic heterocycles. The van der Waals surface area contributed by atoms with Gasteiger partial charge in [-0.25, -0.2) is 4.39 Å². The summed E-state index contributed by atoms with van der Waals surface area (Å²) in [5.74, 6) is -0.166. The van der Waals surface area contributed by atoms with Crippen molar-refractivity contribution in [2.24, 2.45) is 5.92 Å². The smallest absolute Gasteiger partial charge is 0.256 e. The van der Waals surface area contributed by atoms with Crippen molar-refractivity contribution in [3.63, 3.8) is 0 Å². The molecule has 134 valence electrons. The Labute approximate surface area is 150 Å². The van der Waals surface area contributed by atoms with Crippen molar-refractivity contribution < 1.29 is 14.0 Å². The zero-order chi connectivity index (χ0) is 18.3. The van der Waals surface area contributed by atoms with E-state index < -0.39 is 0 Å². The van der Waals surface area contributed by atoms with Gasteiger partial charge in [0, 0.05) is 29.2 Å². The number of anilines is 1. The summed E-state index contributed by atoms with van der Waals surface area (Å²) in [5.41, 5.74) is 6.17. The lowest BCUT2D eigenvalue weighted by Gasteiger charge is -2.22. The van der Waals surface area contributed by atoms with Crippen LogP contribution in [0.5, 0.6) is 0 Å². The first-order valence-electron chi connectivity index (χ1n) is 8.77. The Morgan fingerprint density at radius 1 is 1.38 bits per heavy atom. The molecule has 1 atom stereocenters. The highest BCUT2D eigenvalue weighted by atomic mass is 19.1. The summed E-state index contributed by atoms with van der Waals surface area (Å²) in [6, 6.07) is 4.31. The fourth-order valence-corrected chi connectivity index (χ4v) is 3.95. The molecule has 2 aromatic rings. The molecule has 2 heterocycles. The zero-order valence-electron chi connectivity index (χ0n) is 14.5. The average molecular weight is 353 g/mol. The molecule has 1 aliphatic carbocycles. The van der Waals surface area contributed by atoms with Crippen molar-refractivity contribution in [2.45, 2.75) is 26.2 Å². The van der Waals surface area contributed by atoms with Gasteiger partial charge in [-0.2, -0.15) is 0 Å². The van der Waals surface area contributed by atoms with Gasteiger partial charge in [0.05, 0.1) is 5.57 Å². The van der Waals surface area contributed by atoms with E-state index >= 15 is 0 Å². The van der Waals surface area contributed by atoms with Gasteiger partial charge in [-0.1, -0.05) is 0 Å². The van der Waals surface area contributed by atoms with Crippen LogP contribution in [-0.4, -0.2) is 23.8 Å². The van der Waals surface area contributed by atoms with E-state index in [9.17, 15) is 14.0 Å². The number of halogens is 1. The van der Waals surface area contributed by atoms with Crippen molar-refractivity contribution in [3.8, 4) is 0 Å².